The zero-order valence-electron chi connectivity index (χ0n) is 8.43. The van der Waals surface area contributed by atoms with Gasteiger partial charge in [-0.25, -0.2) is 0 Å². The molecule has 2 nitrogen and oxygen atoms in total. The summed E-state index contributed by atoms with van der Waals surface area (Å²) in [7, 11) is 1.83. The van der Waals surface area contributed by atoms with Gasteiger partial charge < -0.3 is 9.47 Å². The first-order valence-corrected chi connectivity index (χ1v) is 4.81. The molecule has 0 aliphatic carbocycles. The van der Waals surface area contributed by atoms with E-state index in [-0.39, 0.29) is 5.60 Å². The SMILES string of the molecule is COC1(CC(C)C)CCOCC1. The minimum Gasteiger partial charge on any atom is -0.381 e. The third-order valence-electron chi connectivity index (χ3n) is 2.62. The predicted octanol–water partition coefficient (Wildman–Crippen LogP) is 2.23. The van der Waals surface area contributed by atoms with Crippen LogP contribution >= 0.6 is 0 Å². The van der Waals surface area contributed by atoms with Crippen molar-refractivity contribution in [3.63, 3.8) is 0 Å². The molecule has 1 aliphatic heterocycles. The molecule has 0 spiro atoms. The molecule has 1 saturated heterocycles. The molecule has 0 aromatic rings. The molecule has 0 unspecified atom stereocenters. The van der Waals surface area contributed by atoms with Crippen LogP contribution in [-0.4, -0.2) is 25.9 Å². The average molecular weight is 172 g/mol. The first-order chi connectivity index (χ1) is 5.68. The van der Waals surface area contributed by atoms with Gasteiger partial charge in [0.05, 0.1) is 5.60 Å². The van der Waals surface area contributed by atoms with Gasteiger partial charge in [0.1, 0.15) is 0 Å². The van der Waals surface area contributed by atoms with Crippen molar-refractivity contribution in [3.05, 3.63) is 0 Å². The van der Waals surface area contributed by atoms with Crippen molar-refractivity contribution in [1.29, 1.82) is 0 Å². The lowest BCUT2D eigenvalue weighted by Crippen LogP contribution is -2.39. The maximum atomic E-state index is 5.61. The van der Waals surface area contributed by atoms with Gasteiger partial charge in [-0.05, 0) is 25.2 Å². The second kappa shape index (κ2) is 4.24. The van der Waals surface area contributed by atoms with E-state index in [0.29, 0.717) is 5.92 Å². The van der Waals surface area contributed by atoms with Gasteiger partial charge in [-0.2, -0.15) is 0 Å². The van der Waals surface area contributed by atoms with Gasteiger partial charge in [-0.3, -0.25) is 0 Å². The average Bonchev–Trinajstić information content (AvgIpc) is 2.05. The van der Waals surface area contributed by atoms with Crippen LogP contribution in [0.1, 0.15) is 33.1 Å². The Balaban J connectivity index is 2.48. The number of ether oxygens (including phenoxy) is 2. The van der Waals surface area contributed by atoms with Crippen LogP contribution < -0.4 is 0 Å². The molecule has 0 N–H and O–H groups in total. The molecule has 0 radical (unpaired) electrons. The fraction of sp³-hybridized carbons (Fsp3) is 1.00. The highest BCUT2D eigenvalue weighted by Crippen LogP contribution is 2.30. The summed E-state index contributed by atoms with van der Waals surface area (Å²) < 4.78 is 10.9. The highest BCUT2D eigenvalue weighted by atomic mass is 16.5. The third-order valence-corrected chi connectivity index (χ3v) is 2.62. The summed E-state index contributed by atoms with van der Waals surface area (Å²) in [6.07, 6.45) is 3.27. The molecule has 0 aromatic heterocycles. The summed E-state index contributed by atoms with van der Waals surface area (Å²) in [5.41, 5.74) is 0.117. The highest BCUT2D eigenvalue weighted by Gasteiger charge is 2.32. The molecular formula is C10H20O2. The second-order valence-electron chi connectivity index (χ2n) is 4.10. The van der Waals surface area contributed by atoms with Gasteiger partial charge >= 0.3 is 0 Å². The Bertz CT molecular complexity index is 126. The predicted molar refractivity (Wildman–Crippen MR) is 49.2 cm³/mol. The molecule has 12 heavy (non-hydrogen) atoms. The zero-order valence-corrected chi connectivity index (χ0v) is 8.43. The first-order valence-electron chi connectivity index (χ1n) is 4.81. The Morgan fingerprint density at radius 2 is 1.92 bits per heavy atom. The van der Waals surface area contributed by atoms with Crippen molar-refractivity contribution in [2.45, 2.75) is 38.7 Å². The van der Waals surface area contributed by atoms with Crippen molar-refractivity contribution in [2.75, 3.05) is 20.3 Å². The summed E-state index contributed by atoms with van der Waals surface area (Å²) in [5, 5.41) is 0. The Hall–Kier alpha value is -0.0800. The molecule has 2 heteroatoms. The van der Waals surface area contributed by atoms with Crippen LogP contribution in [0, 0.1) is 5.92 Å². The molecular weight excluding hydrogens is 152 g/mol. The largest absolute Gasteiger partial charge is 0.381 e. The summed E-state index contributed by atoms with van der Waals surface area (Å²) in [4.78, 5) is 0. The Morgan fingerprint density at radius 1 is 1.33 bits per heavy atom. The van der Waals surface area contributed by atoms with Crippen molar-refractivity contribution < 1.29 is 9.47 Å². The standard InChI is InChI=1S/C10H20O2/c1-9(2)8-10(11-3)4-6-12-7-5-10/h9H,4-8H2,1-3H3. The van der Waals surface area contributed by atoms with Gasteiger partial charge in [0.2, 0.25) is 0 Å². The molecule has 1 rings (SSSR count). The molecule has 1 aliphatic rings. The number of rotatable bonds is 3. The maximum absolute atomic E-state index is 5.61. The molecule has 0 amide bonds. The lowest BCUT2D eigenvalue weighted by molar-refractivity contribution is -0.0996. The molecule has 0 bridgehead atoms. The second-order valence-corrected chi connectivity index (χ2v) is 4.10. The summed E-state index contributed by atoms with van der Waals surface area (Å²) in [6, 6.07) is 0. The van der Waals surface area contributed by atoms with E-state index in [1.165, 1.54) is 0 Å². The fourth-order valence-corrected chi connectivity index (χ4v) is 1.98. The van der Waals surface area contributed by atoms with E-state index >= 15 is 0 Å². The smallest absolute Gasteiger partial charge is 0.0725 e. The minimum atomic E-state index is 0.117. The minimum absolute atomic E-state index is 0.117. The quantitative estimate of drug-likeness (QED) is 0.650. The highest BCUT2D eigenvalue weighted by molar-refractivity contribution is 4.83. The van der Waals surface area contributed by atoms with E-state index < -0.39 is 0 Å². The normalized spacial score (nSPS) is 23.0. The Labute approximate surface area is 75.2 Å². The van der Waals surface area contributed by atoms with Crippen LogP contribution in [0.3, 0.4) is 0 Å². The molecule has 1 heterocycles. The van der Waals surface area contributed by atoms with Crippen LogP contribution in [0.15, 0.2) is 0 Å². The monoisotopic (exact) mass is 172 g/mol. The number of methoxy groups -OCH3 is 1. The lowest BCUT2D eigenvalue weighted by Gasteiger charge is -2.37. The van der Waals surface area contributed by atoms with Crippen molar-refractivity contribution in [2.24, 2.45) is 5.92 Å². The Morgan fingerprint density at radius 3 is 2.33 bits per heavy atom. The molecule has 1 fully saturated rings. The summed E-state index contributed by atoms with van der Waals surface area (Å²) >= 11 is 0. The number of hydrogen-bond donors (Lipinski definition) is 0. The molecule has 72 valence electrons. The lowest BCUT2D eigenvalue weighted by atomic mass is 9.85. The van der Waals surface area contributed by atoms with E-state index in [1.54, 1.807) is 0 Å². The first kappa shape index (κ1) is 10.0. The maximum Gasteiger partial charge on any atom is 0.0725 e. The molecule has 0 aromatic carbocycles. The number of hydrogen-bond acceptors (Lipinski definition) is 2. The van der Waals surface area contributed by atoms with E-state index in [4.69, 9.17) is 9.47 Å². The van der Waals surface area contributed by atoms with E-state index in [9.17, 15) is 0 Å². The third kappa shape index (κ3) is 2.46. The van der Waals surface area contributed by atoms with Crippen molar-refractivity contribution in [1.82, 2.24) is 0 Å². The van der Waals surface area contributed by atoms with Crippen LogP contribution in [-0.2, 0) is 9.47 Å². The van der Waals surface area contributed by atoms with Gasteiger partial charge in [0.15, 0.2) is 0 Å². The van der Waals surface area contributed by atoms with Crippen LogP contribution in [0.25, 0.3) is 0 Å². The van der Waals surface area contributed by atoms with Crippen molar-refractivity contribution >= 4 is 0 Å². The fourth-order valence-electron chi connectivity index (χ4n) is 1.98. The van der Waals surface area contributed by atoms with E-state index in [2.05, 4.69) is 13.8 Å². The molecule has 0 saturated carbocycles. The van der Waals surface area contributed by atoms with Crippen molar-refractivity contribution in [3.8, 4) is 0 Å². The van der Waals surface area contributed by atoms with E-state index in [1.807, 2.05) is 7.11 Å². The topological polar surface area (TPSA) is 18.5 Å². The summed E-state index contributed by atoms with van der Waals surface area (Å²) in [6.45, 7) is 6.22. The van der Waals surface area contributed by atoms with Crippen LogP contribution in [0.2, 0.25) is 0 Å². The summed E-state index contributed by atoms with van der Waals surface area (Å²) in [5.74, 6) is 0.711. The van der Waals surface area contributed by atoms with Gasteiger partial charge in [-0.1, -0.05) is 13.8 Å². The van der Waals surface area contributed by atoms with Gasteiger partial charge in [-0.15, -0.1) is 0 Å². The van der Waals surface area contributed by atoms with Crippen LogP contribution in [0.4, 0.5) is 0 Å². The van der Waals surface area contributed by atoms with E-state index in [0.717, 1.165) is 32.5 Å². The van der Waals surface area contributed by atoms with Gasteiger partial charge in [0, 0.05) is 20.3 Å². The van der Waals surface area contributed by atoms with Gasteiger partial charge in [0.25, 0.3) is 0 Å². The Kier molecular flexibility index (Phi) is 3.53. The zero-order chi connectivity index (χ0) is 9.03. The van der Waals surface area contributed by atoms with Crippen LogP contribution in [0.5, 0.6) is 0 Å². The molecule has 0 atom stereocenters.